The standard InChI is InChI=1S/C8H7BrO2/c9-6-1-2-7-5(3-6)4-11-8(7)10/h2-3,6H,1,4H2. The SMILES string of the molecule is O=C1OCC2=CC(Br)CC=C12. The number of carbonyl (C=O) groups is 1. The summed E-state index contributed by atoms with van der Waals surface area (Å²) in [4.78, 5) is 11.3. The van der Waals surface area contributed by atoms with Crippen LogP contribution in [-0.4, -0.2) is 17.4 Å². The van der Waals surface area contributed by atoms with Crippen molar-refractivity contribution in [1.82, 2.24) is 0 Å². The van der Waals surface area contributed by atoms with E-state index in [1.54, 1.807) is 0 Å². The zero-order valence-electron chi connectivity index (χ0n) is 5.84. The van der Waals surface area contributed by atoms with Crippen LogP contribution in [0.15, 0.2) is 23.3 Å². The van der Waals surface area contributed by atoms with Gasteiger partial charge in [-0.15, -0.1) is 0 Å². The number of hydrogen-bond donors (Lipinski definition) is 0. The Labute approximate surface area is 73.0 Å². The smallest absolute Gasteiger partial charge is 0.338 e. The quantitative estimate of drug-likeness (QED) is 0.452. The molecule has 1 atom stereocenters. The molecule has 11 heavy (non-hydrogen) atoms. The van der Waals surface area contributed by atoms with Gasteiger partial charge in [0.2, 0.25) is 0 Å². The first-order chi connectivity index (χ1) is 5.27. The molecule has 1 aliphatic heterocycles. The molecule has 2 nitrogen and oxygen atoms in total. The summed E-state index contributed by atoms with van der Waals surface area (Å²) in [5, 5.41) is 0. The molecule has 0 aromatic heterocycles. The Bertz CT molecular complexity index is 265. The maximum Gasteiger partial charge on any atom is 0.338 e. The summed E-state index contributed by atoms with van der Waals surface area (Å²) in [6, 6.07) is 0. The largest absolute Gasteiger partial charge is 0.457 e. The fourth-order valence-corrected chi connectivity index (χ4v) is 1.80. The summed E-state index contributed by atoms with van der Waals surface area (Å²) in [5.74, 6) is -0.171. The minimum absolute atomic E-state index is 0.171. The van der Waals surface area contributed by atoms with Gasteiger partial charge in [0.15, 0.2) is 0 Å². The molecule has 0 N–H and O–H groups in total. The van der Waals surface area contributed by atoms with Crippen molar-refractivity contribution in [3.8, 4) is 0 Å². The predicted octanol–water partition coefficient (Wildman–Crippen LogP) is 1.56. The maximum atomic E-state index is 11.0. The van der Waals surface area contributed by atoms with Crippen LogP contribution in [0.1, 0.15) is 6.42 Å². The molecule has 0 spiro atoms. The summed E-state index contributed by atoms with van der Waals surface area (Å²) in [5.41, 5.74) is 1.80. The predicted molar refractivity (Wildman–Crippen MR) is 44.5 cm³/mol. The second-order valence-corrected chi connectivity index (χ2v) is 3.81. The summed E-state index contributed by atoms with van der Waals surface area (Å²) in [6.45, 7) is 0.451. The lowest BCUT2D eigenvalue weighted by molar-refractivity contribution is -0.135. The highest BCUT2D eigenvalue weighted by molar-refractivity contribution is 9.09. The Kier molecular flexibility index (Phi) is 1.60. The molecule has 1 heterocycles. The van der Waals surface area contributed by atoms with Crippen LogP contribution in [0.3, 0.4) is 0 Å². The number of cyclic esters (lactones) is 1. The average molecular weight is 215 g/mol. The van der Waals surface area contributed by atoms with Crippen molar-refractivity contribution >= 4 is 21.9 Å². The van der Waals surface area contributed by atoms with Gasteiger partial charge in [-0.2, -0.15) is 0 Å². The van der Waals surface area contributed by atoms with Gasteiger partial charge in [-0.1, -0.05) is 28.1 Å². The first-order valence-electron chi connectivity index (χ1n) is 3.50. The van der Waals surface area contributed by atoms with Gasteiger partial charge >= 0.3 is 5.97 Å². The van der Waals surface area contributed by atoms with E-state index in [0.29, 0.717) is 11.4 Å². The fraction of sp³-hybridized carbons (Fsp3) is 0.375. The Morgan fingerprint density at radius 3 is 3.27 bits per heavy atom. The van der Waals surface area contributed by atoms with E-state index >= 15 is 0 Å². The van der Waals surface area contributed by atoms with Crippen molar-refractivity contribution in [2.75, 3.05) is 6.61 Å². The Morgan fingerprint density at radius 1 is 1.64 bits per heavy atom. The summed E-state index contributed by atoms with van der Waals surface area (Å²) < 4.78 is 4.85. The van der Waals surface area contributed by atoms with Gasteiger partial charge in [0.1, 0.15) is 6.61 Å². The first kappa shape index (κ1) is 7.10. The molecule has 0 amide bonds. The normalized spacial score (nSPS) is 28.8. The average Bonchev–Trinajstić information content (AvgIpc) is 2.32. The molecule has 58 valence electrons. The number of fused-ring (bicyclic) bond motifs is 1. The van der Waals surface area contributed by atoms with E-state index in [1.807, 2.05) is 12.2 Å². The first-order valence-corrected chi connectivity index (χ1v) is 4.41. The second-order valence-electron chi connectivity index (χ2n) is 2.64. The molecule has 1 fully saturated rings. The monoisotopic (exact) mass is 214 g/mol. The molecule has 1 saturated heterocycles. The van der Waals surface area contributed by atoms with E-state index in [2.05, 4.69) is 15.9 Å². The van der Waals surface area contributed by atoms with Crippen molar-refractivity contribution in [2.24, 2.45) is 0 Å². The zero-order chi connectivity index (χ0) is 7.84. The highest BCUT2D eigenvalue weighted by atomic mass is 79.9. The number of hydrogen-bond acceptors (Lipinski definition) is 2. The van der Waals surface area contributed by atoms with Crippen molar-refractivity contribution in [3.05, 3.63) is 23.3 Å². The molecule has 1 aliphatic carbocycles. The van der Waals surface area contributed by atoms with Crippen molar-refractivity contribution < 1.29 is 9.53 Å². The molecule has 0 aromatic carbocycles. The molecule has 2 aliphatic rings. The molecule has 0 aromatic rings. The van der Waals surface area contributed by atoms with E-state index in [0.717, 1.165) is 17.6 Å². The molecule has 1 unspecified atom stereocenters. The Morgan fingerprint density at radius 2 is 2.45 bits per heavy atom. The van der Waals surface area contributed by atoms with Crippen molar-refractivity contribution in [2.45, 2.75) is 11.2 Å². The lowest BCUT2D eigenvalue weighted by Gasteiger charge is -2.07. The van der Waals surface area contributed by atoms with Crippen LogP contribution < -0.4 is 0 Å². The molecule has 0 saturated carbocycles. The zero-order valence-corrected chi connectivity index (χ0v) is 7.43. The second kappa shape index (κ2) is 2.48. The van der Waals surface area contributed by atoms with Gasteiger partial charge in [-0.05, 0) is 6.42 Å². The summed E-state index contributed by atoms with van der Waals surface area (Å²) in [6.07, 6.45) is 4.86. The number of halogens is 1. The van der Waals surface area contributed by atoms with Crippen LogP contribution in [0, 0.1) is 0 Å². The van der Waals surface area contributed by atoms with Crippen LogP contribution in [0.5, 0.6) is 0 Å². The van der Waals surface area contributed by atoms with Gasteiger partial charge in [0.05, 0.1) is 5.57 Å². The summed E-state index contributed by atoms with van der Waals surface area (Å²) in [7, 11) is 0. The third kappa shape index (κ3) is 1.13. The van der Waals surface area contributed by atoms with E-state index < -0.39 is 0 Å². The van der Waals surface area contributed by atoms with Crippen molar-refractivity contribution in [3.63, 3.8) is 0 Å². The topological polar surface area (TPSA) is 26.3 Å². The molecular formula is C8H7BrO2. The fourth-order valence-electron chi connectivity index (χ4n) is 1.30. The van der Waals surface area contributed by atoms with Crippen LogP contribution in [-0.2, 0) is 9.53 Å². The number of carbonyl (C=O) groups excluding carboxylic acids is 1. The van der Waals surface area contributed by atoms with Gasteiger partial charge in [0, 0.05) is 10.4 Å². The van der Waals surface area contributed by atoms with E-state index in [-0.39, 0.29) is 5.97 Å². The number of alkyl halides is 1. The molecular weight excluding hydrogens is 208 g/mol. The lowest BCUT2D eigenvalue weighted by Crippen LogP contribution is -2.03. The van der Waals surface area contributed by atoms with Gasteiger partial charge < -0.3 is 4.74 Å². The van der Waals surface area contributed by atoms with Gasteiger partial charge in [-0.3, -0.25) is 0 Å². The Balaban J connectivity index is 2.35. The highest BCUT2D eigenvalue weighted by Gasteiger charge is 2.27. The number of rotatable bonds is 0. The van der Waals surface area contributed by atoms with E-state index in [1.165, 1.54) is 0 Å². The maximum absolute atomic E-state index is 11.0. The summed E-state index contributed by atoms with van der Waals surface area (Å²) >= 11 is 3.46. The third-order valence-electron chi connectivity index (χ3n) is 1.85. The Hall–Kier alpha value is -0.570. The lowest BCUT2D eigenvalue weighted by atomic mass is 10.0. The molecule has 3 heteroatoms. The van der Waals surface area contributed by atoms with Crippen molar-refractivity contribution in [1.29, 1.82) is 0 Å². The third-order valence-corrected chi connectivity index (χ3v) is 2.49. The molecule has 0 radical (unpaired) electrons. The van der Waals surface area contributed by atoms with Gasteiger partial charge in [0.25, 0.3) is 0 Å². The minimum Gasteiger partial charge on any atom is -0.457 e. The van der Waals surface area contributed by atoms with Crippen LogP contribution >= 0.6 is 15.9 Å². The van der Waals surface area contributed by atoms with Crippen LogP contribution in [0.2, 0.25) is 0 Å². The number of allylic oxidation sites excluding steroid dienone is 2. The van der Waals surface area contributed by atoms with E-state index in [4.69, 9.17) is 4.74 Å². The molecule has 0 bridgehead atoms. The minimum atomic E-state index is -0.171. The van der Waals surface area contributed by atoms with Gasteiger partial charge in [-0.25, -0.2) is 4.79 Å². The molecule has 2 rings (SSSR count). The van der Waals surface area contributed by atoms with E-state index in [9.17, 15) is 4.79 Å². The highest BCUT2D eigenvalue weighted by Crippen LogP contribution is 2.28. The number of esters is 1. The van der Waals surface area contributed by atoms with Crippen LogP contribution in [0.4, 0.5) is 0 Å². The van der Waals surface area contributed by atoms with Crippen LogP contribution in [0.25, 0.3) is 0 Å². The number of ether oxygens (including phenoxy) is 1.